The molecular weight excluding hydrogens is 246 g/mol. The molecule has 17 heavy (non-hydrogen) atoms. The molecule has 0 saturated carbocycles. The van der Waals surface area contributed by atoms with Crippen molar-refractivity contribution in [2.45, 2.75) is 0 Å². The van der Waals surface area contributed by atoms with Crippen LogP contribution in [0.3, 0.4) is 0 Å². The van der Waals surface area contributed by atoms with Gasteiger partial charge in [-0.1, -0.05) is 18.2 Å². The number of aromatic nitrogens is 1. The van der Waals surface area contributed by atoms with Crippen molar-refractivity contribution in [1.29, 1.82) is 0 Å². The maximum atomic E-state index is 11.5. The van der Waals surface area contributed by atoms with Crippen LogP contribution in [0.1, 0.15) is 0 Å². The van der Waals surface area contributed by atoms with Gasteiger partial charge in [-0.15, -0.1) is 4.73 Å². The van der Waals surface area contributed by atoms with Crippen LogP contribution in [-0.2, 0) is 10.1 Å². The molecule has 0 unspecified atom stereocenters. The SMILES string of the molecule is CS(=O)(=O)On1c(=O)ccc2ccccc21.O. The van der Waals surface area contributed by atoms with E-state index >= 15 is 0 Å². The van der Waals surface area contributed by atoms with Crippen molar-refractivity contribution in [3.63, 3.8) is 0 Å². The number of pyridine rings is 1. The van der Waals surface area contributed by atoms with Crippen LogP contribution in [0.15, 0.2) is 41.2 Å². The number of nitrogens with zero attached hydrogens (tertiary/aromatic N) is 1. The third kappa shape index (κ3) is 2.83. The summed E-state index contributed by atoms with van der Waals surface area (Å²) in [6.07, 6.45) is 0.890. The van der Waals surface area contributed by atoms with Crippen LogP contribution in [-0.4, -0.2) is 24.9 Å². The minimum atomic E-state index is -3.73. The van der Waals surface area contributed by atoms with Crippen LogP contribution in [0.4, 0.5) is 0 Å². The van der Waals surface area contributed by atoms with Crippen LogP contribution in [0, 0.1) is 0 Å². The van der Waals surface area contributed by atoms with E-state index in [4.69, 9.17) is 0 Å². The lowest BCUT2D eigenvalue weighted by Crippen LogP contribution is -2.29. The van der Waals surface area contributed by atoms with Crippen LogP contribution >= 0.6 is 0 Å². The first-order chi connectivity index (χ1) is 7.47. The molecule has 0 bridgehead atoms. The Morgan fingerprint density at radius 1 is 1.12 bits per heavy atom. The van der Waals surface area contributed by atoms with Gasteiger partial charge in [0.25, 0.3) is 5.56 Å². The van der Waals surface area contributed by atoms with E-state index in [1.807, 2.05) is 0 Å². The molecule has 2 aromatic rings. The zero-order valence-corrected chi connectivity index (χ0v) is 9.77. The summed E-state index contributed by atoms with van der Waals surface area (Å²) in [5.74, 6) is 0. The second-order valence-electron chi connectivity index (χ2n) is 3.30. The maximum absolute atomic E-state index is 11.5. The van der Waals surface area contributed by atoms with Gasteiger partial charge in [0, 0.05) is 11.5 Å². The Balaban J connectivity index is 0.00000144. The zero-order chi connectivity index (χ0) is 11.8. The average molecular weight is 257 g/mol. The van der Waals surface area contributed by atoms with Crippen LogP contribution < -0.4 is 9.84 Å². The number of hydrogen-bond acceptors (Lipinski definition) is 4. The van der Waals surface area contributed by atoms with Gasteiger partial charge >= 0.3 is 10.1 Å². The molecule has 0 aliphatic heterocycles. The summed E-state index contributed by atoms with van der Waals surface area (Å²) in [5, 5.41) is 0.728. The van der Waals surface area contributed by atoms with Gasteiger partial charge < -0.3 is 5.48 Å². The molecule has 1 aromatic heterocycles. The highest BCUT2D eigenvalue weighted by molar-refractivity contribution is 7.86. The number of hydrogen-bond donors (Lipinski definition) is 0. The number of benzene rings is 1. The quantitative estimate of drug-likeness (QED) is 0.728. The fraction of sp³-hybridized carbons (Fsp3) is 0.100. The molecule has 1 aromatic carbocycles. The van der Waals surface area contributed by atoms with Gasteiger partial charge in [-0.3, -0.25) is 9.08 Å². The molecule has 0 aliphatic carbocycles. The van der Waals surface area contributed by atoms with Crippen molar-refractivity contribution in [3.05, 3.63) is 46.8 Å². The molecule has 1 heterocycles. The lowest BCUT2D eigenvalue weighted by molar-refractivity contribution is 0.284. The maximum Gasteiger partial charge on any atom is 0.324 e. The third-order valence-corrected chi connectivity index (χ3v) is 2.39. The van der Waals surface area contributed by atoms with Gasteiger partial charge in [-0.05, 0) is 12.1 Å². The average Bonchev–Trinajstić information content (AvgIpc) is 2.21. The summed E-state index contributed by atoms with van der Waals surface area (Å²) in [4.78, 5) is 11.5. The van der Waals surface area contributed by atoms with Gasteiger partial charge in [0.1, 0.15) is 0 Å². The summed E-state index contributed by atoms with van der Waals surface area (Å²) in [6, 6.07) is 9.73. The lowest BCUT2D eigenvalue weighted by atomic mass is 10.2. The molecule has 0 atom stereocenters. The van der Waals surface area contributed by atoms with Crippen molar-refractivity contribution in [3.8, 4) is 0 Å². The Morgan fingerprint density at radius 3 is 2.41 bits per heavy atom. The lowest BCUT2D eigenvalue weighted by Gasteiger charge is -2.08. The number of para-hydroxylation sites is 1. The molecule has 7 heteroatoms. The highest BCUT2D eigenvalue weighted by Gasteiger charge is 2.08. The summed E-state index contributed by atoms with van der Waals surface area (Å²) in [6.45, 7) is 0. The van der Waals surface area contributed by atoms with Gasteiger partial charge in [-0.25, -0.2) is 0 Å². The first-order valence-corrected chi connectivity index (χ1v) is 6.30. The largest absolute Gasteiger partial charge is 0.412 e. The number of fused-ring (bicyclic) bond motifs is 1. The van der Waals surface area contributed by atoms with E-state index in [9.17, 15) is 13.2 Å². The van der Waals surface area contributed by atoms with E-state index in [-0.39, 0.29) is 5.48 Å². The number of rotatable bonds is 2. The second kappa shape index (κ2) is 4.56. The third-order valence-electron chi connectivity index (χ3n) is 1.97. The summed E-state index contributed by atoms with van der Waals surface area (Å²) in [5.41, 5.74) is -0.107. The molecule has 0 saturated heterocycles. The van der Waals surface area contributed by atoms with Gasteiger partial charge in [0.2, 0.25) is 0 Å². The van der Waals surface area contributed by atoms with Crippen molar-refractivity contribution >= 4 is 21.0 Å². The van der Waals surface area contributed by atoms with Gasteiger partial charge in [0.05, 0.1) is 11.8 Å². The van der Waals surface area contributed by atoms with Crippen LogP contribution in [0.2, 0.25) is 0 Å². The first-order valence-electron chi connectivity index (χ1n) is 4.48. The van der Waals surface area contributed by atoms with E-state index in [2.05, 4.69) is 4.28 Å². The molecule has 0 spiro atoms. The summed E-state index contributed by atoms with van der Waals surface area (Å²) < 4.78 is 27.4. The van der Waals surface area contributed by atoms with Crippen molar-refractivity contribution in [2.75, 3.05) is 6.26 Å². The minimum absolute atomic E-state index is 0. The van der Waals surface area contributed by atoms with Crippen LogP contribution in [0.5, 0.6) is 0 Å². The standard InChI is InChI=1S/C10H9NO4S.H2O/c1-16(13,14)15-11-9-5-3-2-4-8(9)6-7-10(11)12;/h2-7H,1H3;1H2. The van der Waals surface area contributed by atoms with Gasteiger partial charge in [-0.2, -0.15) is 8.42 Å². The van der Waals surface area contributed by atoms with Crippen molar-refractivity contribution < 1.29 is 18.2 Å². The molecule has 2 N–H and O–H groups in total. The Hall–Kier alpha value is -1.86. The highest BCUT2D eigenvalue weighted by atomic mass is 32.2. The molecule has 0 amide bonds. The van der Waals surface area contributed by atoms with Crippen molar-refractivity contribution in [2.24, 2.45) is 0 Å². The minimum Gasteiger partial charge on any atom is -0.412 e. The molecule has 2 rings (SSSR count). The summed E-state index contributed by atoms with van der Waals surface area (Å²) in [7, 11) is -3.73. The van der Waals surface area contributed by atoms with E-state index in [1.165, 1.54) is 6.07 Å². The highest BCUT2D eigenvalue weighted by Crippen LogP contribution is 2.09. The second-order valence-corrected chi connectivity index (χ2v) is 4.86. The Bertz CT molecular complexity index is 689. The normalized spacial score (nSPS) is 10.9. The van der Waals surface area contributed by atoms with Crippen molar-refractivity contribution in [1.82, 2.24) is 4.73 Å². The first kappa shape index (κ1) is 13.2. The molecule has 0 radical (unpaired) electrons. The molecule has 6 nitrogen and oxygen atoms in total. The van der Waals surface area contributed by atoms with Crippen LogP contribution in [0.25, 0.3) is 10.9 Å². The fourth-order valence-corrected chi connectivity index (χ4v) is 1.80. The Labute approximate surface area is 97.5 Å². The predicted octanol–water partition coefficient (Wildman–Crippen LogP) is -0.435. The monoisotopic (exact) mass is 257 g/mol. The fourth-order valence-electron chi connectivity index (χ4n) is 1.37. The van der Waals surface area contributed by atoms with E-state index < -0.39 is 15.7 Å². The molecule has 92 valence electrons. The van der Waals surface area contributed by atoms with E-state index in [1.54, 1.807) is 30.3 Å². The van der Waals surface area contributed by atoms with E-state index in [0.29, 0.717) is 5.52 Å². The Kier molecular flexibility index (Phi) is 3.54. The zero-order valence-electron chi connectivity index (χ0n) is 8.95. The molecule has 0 aliphatic rings. The summed E-state index contributed by atoms with van der Waals surface area (Å²) >= 11 is 0. The van der Waals surface area contributed by atoms with E-state index in [0.717, 1.165) is 16.4 Å². The topological polar surface area (TPSA) is 96.9 Å². The van der Waals surface area contributed by atoms with Gasteiger partial charge in [0.15, 0.2) is 0 Å². The predicted molar refractivity (Wildman–Crippen MR) is 63.2 cm³/mol. The molecule has 0 fully saturated rings. The smallest absolute Gasteiger partial charge is 0.324 e. The molecular formula is C10H11NO5S. The Morgan fingerprint density at radius 2 is 1.76 bits per heavy atom.